The molecule has 3 rings (SSSR count). The molecule has 3 heteroatoms. The first kappa shape index (κ1) is 11.5. The van der Waals surface area contributed by atoms with E-state index in [0.717, 1.165) is 36.8 Å². The molecule has 0 aliphatic carbocycles. The van der Waals surface area contributed by atoms with E-state index in [1.165, 1.54) is 0 Å². The zero-order chi connectivity index (χ0) is 12.6. The highest BCUT2D eigenvalue weighted by atomic mass is 16.3. The van der Waals surface area contributed by atoms with Gasteiger partial charge in [-0.3, -0.25) is 4.79 Å². The maximum atomic E-state index is 12.6. The average Bonchev–Trinajstić information content (AvgIpc) is 3.05. The molecule has 1 atom stereocenters. The van der Waals surface area contributed by atoms with E-state index in [2.05, 4.69) is 12.2 Å². The normalized spacial score (nSPS) is 23.6. The molecule has 3 nitrogen and oxygen atoms in total. The highest BCUT2D eigenvalue weighted by molar-refractivity contribution is 6.03. The molecule has 0 radical (unpaired) electrons. The summed E-state index contributed by atoms with van der Waals surface area (Å²) in [6.07, 6.45) is 2.77. The molecule has 1 aliphatic rings. The molecule has 0 bridgehead atoms. The van der Waals surface area contributed by atoms with E-state index in [1.54, 1.807) is 0 Å². The van der Waals surface area contributed by atoms with Crippen molar-refractivity contribution >= 4 is 16.8 Å². The second-order valence-electron chi connectivity index (χ2n) is 4.94. The van der Waals surface area contributed by atoms with Crippen LogP contribution in [-0.4, -0.2) is 17.9 Å². The highest BCUT2D eigenvalue weighted by Crippen LogP contribution is 2.29. The number of hydrogen-bond donors (Lipinski definition) is 1. The molecule has 1 saturated heterocycles. The number of hydrogen-bond acceptors (Lipinski definition) is 3. The third-order valence-corrected chi connectivity index (χ3v) is 3.93. The van der Waals surface area contributed by atoms with E-state index in [4.69, 9.17) is 4.42 Å². The summed E-state index contributed by atoms with van der Waals surface area (Å²) in [5, 5.41) is 4.34. The van der Waals surface area contributed by atoms with Crippen LogP contribution in [0.4, 0.5) is 0 Å². The predicted molar refractivity (Wildman–Crippen MR) is 70.8 cm³/mol. The molecule has 2 heterocycles. The van der Waals surface area contributed by atoms with Crippen LogP contribution in [-0.2, 0) is 0 Å². The molecule has 18 heavy (non-hydrogen) atoms. The molecule has 1 aromatic carbocycles. The van der Waals surface area contributed by atoms with Gasteiger partial charge in [-0.15, -0.1) is 0 Å². The summed E-state index contributed by atoms with van der Waals surface area (Å²) in [6.45, 7) is 2.97. The lowest BCUT2D eigenvalue weighted by Crippen LogP contribution is -2.46. The van der Waals surface area contributed by atoms with E-state index in [0.29, 0.717) is 5.76 Å². The second kappa shape index (κ2) is 4.25. The Bertz CT molecular complexity index is 546. The van der Waals surface area contributed by atoms with Gasteiger partial charge in [0.05, 0.1) is 5.54 Å². The Morgan fingerprint density at radius 2 is 2.28 bits per heavy atom. The van der Waals surface area contributed by atoms with Crippen LogP contribution in [0, 0.1) is 0 Å². The minimum absolute atomic E-state index is 0.0960. The zero-order valence-corrected chi connectivity index (χ0v) is 10.5. The van der Waals surface area contributed by atoms with Gasteiger partial charge in [-0.25, -0.2) is 0 Å². The maximum Gasteiger partial charge on any atom is 0.217 e. The number of benzene rings is 1. The number of fused-ring (bicyclic) bond motifs is 1. The smallest absolute Gasteiger partial charge is 0.217 e. The topological polar surface area (TPSA) is 42.2 Å². The summed E-state index contributed by atoms with van der Waals surface area (Å²) >= 11 is 0. The summed E-state index contributed by atoms with van der Waals surface area (Å²) in [6, 6.07) is 9.59. The van der Waals surface area contributed by atoms with Crippen molar-refractivity contribution in [1.82, 2.24) is 5.32 Å². The molecule has 0 amide bonds. The van der Waals surface area contributed by atoms with Gasteiger partial charge in [0, 0.05) is 5.39 Å². The van der Waals surface area contributed by atoms with Crippen molar-refractivity contribution in [2.75, 3.05) is 6.54 Å². The zero-order valence-electron chi connectivity index (χ0n) is 10.5. The van der Waals surface area contributed by atoms with E-state index in [9.17, 15) is 4.79 Å². The van der Waals surface area contributed by atoms with Crippen molar-refractivity contribution in [3.05, 3.63) is 36.1 Å². The SMILES string of the molecule is CCC1(C(=O)c2cc3ccccc3o2)CCCN1. The van der Waals surface area contributed by atoms with Gasteiger partial charge >= 0.3 is 0 Å². The van der Waals surface area contributed by atoms with E-state index in [1.807, 2.05) is 30.3 Å². The summed E-state index contributed by atoms with van der Waals surface area (Å²) in [5.41, 5.74) is 0.374. The van der Waals surface area contributed by atoms with Gasteiger partial charge in [0.25, 0.3) is 0 Å². The van der Waals surface area contributed by atoms with Crippen LogP contribution in [0.5, 0.6) is 0 Å². The number of ketones is 1. The fourth-order valence-electron chi connectivity index (χ4n) is 2.79. The molecular weight excluding hydrogens is 226 g/mol. The Balaban J connectivity index is 2.00. The van der Waals surface area contributed by atoms with Crippen molar-refractivity contribution in [3.63, 3.8) is 0 Å². The van der Waals surface area contributed by atoms with E-state index >= 15 is 0 Å². The van der Waals surface area contributed by atoms with Crippen molar-refractivity contribution in [1.29, 1.82) is 0 Å². The second-order valence-corrected chi connectivity index (χ2v) is 4.94. The summed E-state index contributed by atoms with van der Waals surface area (Å²) in [4.78, 5) is 12.6. The summed E-state index contributed by atoms with van der Waals surface area (Å²) in [7, 11) is 0. The summed E-state index contributed by atoms with van der Waals surface area (Å²) in [5.74, 6) is 0.575. The first-order valence-corrected chi connectivity index (χ1v) is 6.53. The Hall–Kier alpha value is -1.61. The van der Waals surface area contributed by atoms with Crippen molar-refractivity contribution < 1.29 is 9.21 Å². The summed E-state index contributed by atoms with van der Waals surface area (Å²) < 4.78 is 5.68. The molecular formula is C15H17NO2. The third-order valence-electron chi connectivity index (χ3n) is 3.93. The monoisotopic (exact) mass is 243 g/mol. The Morgan fingerprint density at radius 1 is 1.44 bits per heavy atom. The van der Waals surface area contributed by atoms with Gasteiger partial charge < -0.3 is 9.73 Å². The maximum absolute atomic E-state index is 12.6. The van der Waals surface area contributed by atoms with Crippen LogP contribution < -0.4 is 5.32 Å². The molecule has 1 unspecified atom stereocenters. The van der Waals surface area contributed by atoms with Crippen molar-refractivity contribution in [2.45, 2.75) is 31.7 Å². The van der Waals surface area contributed by atoms with Gasteiger partial charge in [0.15, 0.2) is 5.76 Å². The Kier molecular flexibility index (Phi) is 2.71. The van der Waals surface area contributed by atoms with Gasteiger partial charge in [-0.2, -0.15) is 0 Å². The number of furan rings is 1. The average molecular weight is 243 g/mol. The Labute approximate surface area is 106 Å². The molecule has 94 valence electrons. The van der Waals surface area contributed by atoms with Gasteiger partial charge in [-0.05, 0) is 37.9 Å². The quantitative estimate of drug-likeness (QED) is 0.842. The van der Waals surface area contributed by atoms with Crippen molar-refractivity contribution in [3.8, 4) is 0 Å². The van der Waals surface area contributed by atoms with Gasteiger partial charge in [0.1, 0.15) is 5.58 Å². The molecule has 1 aliphatic heterocycles. The lowest BCUT2D eigenvalue weighted by molar-refractivity contribution is 0.0836. The number of Topliss-reactive ketones (excluding diaryl/α,β-unsaturated/α-hetero) is 1. The number of rotatable bonds is 3. The lowest BCUT2D eigenvalue weighted by Gasteiger charge is -2.24. The van der Waals surface area contributed by atoms with Crippen molar-refractivity contribution in [2.24, 2.45) is 0 Å². The molecule has 1 fully saturated rings. The van der Waals surface area contributed by atoms with E-state index in [-0.39, 0.29) is 5.78 Å². The molecule has 1 aromatic heterocycles. The van der Waals surface area contributed by atoms with Crippen LogP contribution in [0.15, 0.2) is 34.7 Å². The highest BCUT2D eigenvalue weighted by Gasteiger charge is 2.41. The van der Waals surface area contributed by atoms with Crippen LogP contribution >= 0.6 is 0 Å². The fraction of sp³-hybridized carbons (Fsp3) is 0.400. The van der Waals surface area contributed by atoms with Gasteiger partial charge in [-0.1, -0.05) is 25.1 Å². The largest absolute Gasteiger partial charge is 0.453 e. The fourth-order valence-corrected chi connectivity index (χ4v) is 2.79. The lowest BCUT2D eigenvalue weighted by atomic mass is 9.88. The number of para-hydroxylation sites is 1. The first-order chi connectivity index (χ1) is 8.75. The standard InChI is InChI=1S/C15H17NO2/c1-2-15(8-5-9-16-15)14(17)13-10-11-6-3-4-7-12(11)18-13/h3-4,6-7,10,16H,2,5,8-9H2,1H3. The number of nitrogens with one attached hydrogen (secondary N) is 1. The van der Waals surface area contributed by atoms with Crippen LogP contribution in [0.25, 0.3) is 11.0 Å². The Morgan fingerprint density at radius 3 is 2.94 bits per heavy atom. The predicted octanol–water partition coefficient (Wildman–Crippen LogP) is 3.15. The third kappa shape index (κ3) is 1.66. The minimum Gasteiger partial charge on any atom is -0.453 e. The van der Waals surface area contributed by atoms with Gasteiger partial charge in [0.2, 0.25) is 5.78 Å². The van der Waals surface area contributed by atoms with Crippen LogP contribution in [0.1, 0.15) is 36.7 Å². The molecule has 0 saturated carbocycles. The first-order valence-electron chi connectivity index (χ1n) is 6.53. The molecule has 2 aromatic rings. The van der Waals surface area contributed by atoms with Crippen LogP contribution in [0.3, 0.4) is 0 Å². The van der Waals surface area contributed by atoms with E-state index < -0.39 is 5.54 Å². The number of carbonyl (C=O) groups is 1. The van der Waals surface area contributed by atoms with Crippen LogP contribution in [0.2, 0.25) is 0 Å². The number of carbonyl (C=O) groups excluding carboxylic acids is 1. The minimum atomic E-state index is -0.409. The molecule has 1 N–H and O–H groups in total. The molecule has 0 spiro atoms.